The first-order valence-corrected chi connectivity index (χ1v) is 10.8. The molecule has 6 nitrogen and oxygen atoms in total. The molecule has 0 amide bonds. The van der Waals surface area contributed by atoms with E-state index in [2.05, 4.69) is 14.9 Å². The lowest BCUT2D eigenvalue weighted by molar-refractivity contribution is -0.123. The number of para-hydroxylation sites is 1. The summed E-state index contributed by atoms with van der Waals surface area (Å²) in [5, 5.41) is 0. The zero-order valence-corrected chi connectivity index (χ0v) is 18.6. The number of likely N-dealkylation sites (tertiary alicyclic amines) is 1. The summed E-state index contributed by atoms with van der Waals surface area (Å²) >= 11 is 0. The standard InChI is InChI=1S/C24H33N3O3/c1-5-29-22-9-7-6-8-19(22)16-21(28)18-10-14-27(15-11-18)17-20-23(26-13-12-25-20)30-24(2,3)4/h6-9,12-13,18H,5,10-11,14-17H2,1-4H3. The molecule has 1 aliphatic heterocycles. The third-order valence-corrected chi connectivity index (χ3v) is 5.19. The highest BCUT2D eigenvalue weighted by molar-refractivity contribution is 5.84. The predicted molar refractivity (Wildman–Crippen MR) is 117 cm³/mol. The highest BCUT2D eigenvalue weighted by atomic mass is 16.5. The number of piperidine rings is 1. The van der Waals surface area contributed by atoms with E-state index < -0.39 is 0 Å². The molecule has 6 heteroatoms. The Morgan fingerprint density at radius 3 is 2.53 bits per heavy atom. The quantitative estimate of drug-likeness (QED) is 0.652. The van der Waals surface area contributed by atoms with Gasteiger partial charge in [-0.05, 0) is 59.7 Å². The molecule has 0 unspecified atom stereocenters. The maximum atomic E-state index is 12.9. The maximum absolute atomic E-state index is 12.9. The van der Waals surface area contributed by atoms with Crippen LogP contribution in [0.15, 0.2) is 36.7 Å². The molecule has 0 bridgehead atoms. The Bertz CT molecular complexity index is 840. The van der Waals surface area contributed by atoms with Gasteiger partial charge in [0.1, 0.15) is 22.8 Å². The van der Waals surface area contributed by atoms with Crippen molar-refractivity contribution in [3.8, 4) is 11.6 Å². The lowest BCUT2D eigenvalue weighted by Crippen LogP contribution is -2.37. The fourth-order valence-electron chi connectivity index (χ4n) is 3.74. The molecule has 162 valence electrons. The van der Waals surface area contributed by atoms with Gasteiger partial charge < -0.3 is 9.47 Å². The van der Waals surface area contributed by atoms with Crippen LogP contribution in [-0.4, -0.2) is 45.9 Å². The summed E-state index contributed by atoms with van der Waals surface area (Å²) in [4.78, 5) is 24.1. The maximum Gasteiger partial charge on any atom is 0.237 e. The van der Waals surface area contributed by atoms with Gasteiger partial charge in [-0.2, -0.15) is 0 Å². The Morgan fingerprint density at radius 1 is 1.13 bits per heavy atom. The van der Waals surface area contributed by atoms with Crippen molar-refractivity contribution in [3.05, 3.63) is 47.9 Å². The number of aromatic nitrogens is 2. The first-order valence-electron chi connectivity index (χ1n) is 10.8. The van der Waals surface area contributed by atoms with Crippen LogP contribution in [0.25, 0.3) is 0 Å². The zero-order chi connectivity index (χ0) is 21.6. The van der Waals surface area contributed by atoms with Crippen molar-refractivity contribution in [1.82, 2.24) is 14.9 Å². The van der Waals surface area contributed by atoms with Gasteiger partial charge >= 0.3 is 0 Å². The van der Waals surface area contributed by atoms with E-state index in [1.807, 2.05) is 52.0 Å². The zero-order valence-electron chi connectivity index (χ0n) is 18.6. The lowest BCUT2D eigenvalue weighted by atomic mass is 9.89. The fourth-order valence-corrected chi connectivity index (χ4v) is 3.74. The second kappa shape index (κ2) is 10.0. The number of nitrogens with zero attached hydrogens (tertiary/aromatic N) is 3. The molecule has 3 rings (SSSR count). The van der Waals surface area contributed by atoms with E-state index in [9.17, 15) is 4.79 Å². The second-order valence-corrected chi connectivity index (χ2v) is 8.76. The summed E-state index contributed by atoms with van der Waals surface area (Å²) < 4.78 is 11.6. The molecule has 1 aliphatic rings. The molecule has 2 aromatic rings. The van der Waals surface area contributed by atoms with E-state index in [1.165, 1.54) is 0 Å². The number of benzene rings is 1. The van der Waals surface area contributed by atoms with E-state index in [0.717, 1.165) is 42.9 Å². The molecular weight excluding hydrogens is 378 g/mol. The van der Waals surface area contributed by atoms with Gasteiger partial charge in [0.25, 0.3) is 0 Å². The summed E-state index contributed by atoms with van der Waals surface area (Å²) in [5.74, 6) is 1.82. The molecule has 1 aromatic heterocycles. The van der Waals surface area contributed by atoms with Gasteiger partial charge in [-0.3, -0.25) is 14.7 Å². The number of carbonyl (C=O) groups excluding carboxylic acids is 1. The summed E-state index contributed by atoms with van der Waals surface area (Å²) in [6.45, 7) is 11.0. The van der Waals surface area contributed by atoms with Gasteiger partial charge in [0, 0.05) is 36.8 Å². The van der Waals surface area contributed by atoms with Crippen molar-refractivity contribution < 1.29 is 14.3 Å². The minimum absolute atomic E-state index is 0.100. The first-order chi connectivity index (χ1) is 14.4. The number of hydrogen-bond donors (Lipinski definition) is 0. The third-order valence-electron chi connectivity index (χ3n) is 5.19. The van der Waals surface area contributed by atoms with Gasteiger partial charge in [0.05, 0.1) is 6.61 Å². The minimum atomic E-state index is -0.317. The Balaban J connectivity index is 1.55. The van der Waals surface area contributed by atoms with Crippen LogP contribution < -0.4 is 9.47 Å². The van der Waals surface area contributed by atoms with Crippen molar-refractivity contribution in [2.45, 2.75) is 59.1 Å². The number of carbonyl (C=O) groups is 1. The Labute approximate surface area is 179 Å². The molecule has 30 heavy (non-hydrogen) atoms. The molecule has 0 N–H and O–H groups in total. The average molecular weight is 412 g/mol. The summed E-state index contributed by atoms with van der Waals surface area (Å²) in [6.07, 6.45) is 5.54. The van der Waals surface area contributed by atoms with Crippen molar-refractivity contribution in [2.75, 3.05) is 19.7 Å². The van der Waals surface area contributed by atoms with Crippen molar-refractivity contribution in [1.29, 1.82) is 0 Å². The molecule has 0 spiro atoms. The molecule has 1 aromatic carbocycles. The predicted octanol–water partition coefficient (Wildman–Crippen LogP) is 4.08. The van der Waals surface area contributed by atoms with Gasteiger partial charge in [0.2, 0.25) is 5.88 Å². The normalized spacial score (nSPS) is 15.7. The summed E-state index contributed by atoms with van der Waals surface area (Å²) in [5.41, 5.74) is 1.51. The molecule has 0 radical (unpaired) electrons. The first kappa shape index (κ1) is 22.2. The van der Waals surface area contributed by atoms with E-state index in [1.54, 1.807) is 12.4 Å². The smallest absolute Gasteiger partial charge is 0.237 e. The SMILES string of the molecule is CCOc1ccccc1CC(=O)C1CCN(Cc2nccnc2OC(C)(C)C)CC1. The number of ketones is 1. The van der Waals surface area contributed by atoms with E-state index in [4.69, 9.17) is 9.47 Å². The topological polar surface area (TPSA) is 64.5 Å². The number of rotatable bonds is 8. The third kappa shape index (κ3) is 6.26. The van der Waals surface area contributed by atoms with Gasteiger partial charge in [-0.25, -0.2) is 4.98 Å². The summed E-state index contributed by atoms with van der Waals surface area (Å²) in [7, 11) is 0. The Kier molecular flexibility index (Phi) is 7.43. The number of ether oxygens (including phenoxy) is 2. The average Bonchev–Trinajstić information content (AvgIpc) is 2.70. The highest BCUT2D eigenvalue weighted by Crippen LogP contribution is 2.26. The van der Waals surface area contributed by atoms with Crippen LogP contribution in [-0.2, 0) is 17.8 Å². The Morgan fingerprint density at radius 2 is 1.83 bits per heavy atom. The van der Waals surface area contributed by atoms with Gasteiger partial charge in [0.15, 0.2) is 0 Å². The van der Waals surface area contributed by atoms with Crippen molar-refractivity contribution in [3.63, 3.8) is 0 Å². The monoisotopic (exact) mass is 411 g/mol. The largest absolute Gasteiger partial charge is 0.494 e. The molecule has 0 atom stereocenters. The van der Waals surface area contributed by atoms with Crippen LogP contribution in [0, 0.1) is 5.92 Å². The van der Waals surface area contributed by atoms with Crippen molar-refractivity contribution >= 4 is 5.78 Å². The lowest BCUT2D eigenvalue weighted by Gasteiger charge is -2.31. The second-order valence-electron chi connectivity index (χ2n) is 8.76. The van der Waals surface area contributed by atoms with E-state index >= 15 is 0 Å². The van der Waals surface area contributed by atoms with E-state index in [0.29, 0.717) is 31.2 Å². The van der Waals surface area contributed by atoms with E-state index in [-0.39, 0.29) is 11.5 Å². The van der Waals surface area contributed by atoms with Crippen LogP contribution in [0.3, 0.4) is 0 Å². The Hall–Kier alpha value is -2.47. The molecule has 2 heterocycles. The number of hydrogen-bond acceptors (Lipinski definition) is 6. The molecule has 1 saturated heterocycles. The van der Waals surface area contributed by atoms with Crippen LogP contribution in [0.1, 0.15) is 51.8 Å². The van der Waals surface area contributed by atoms with Crippen LogP contribution >= 0.6 is 0 Å². The van der Waals surface area contributed by atoms with Crippen molar-refractivity contribution in [2.24, 2.45) is 5.92 Å². The molecule has 1 fully saturated rings. The van der Waals surface area contributed by atoms with Gasteiger partial charge in [-0.1, -0.05) is 18.2 Å². The van der Waals surface area contributed by atoms with Gasteiger partial charge in [-0.15, -0.1) is 0 Å². The molecule has 0 aliphatic carbocycles. The highest BCUT2D eigenvalue weighted by Gasteiger charge is 2.27. The summed E-state index contributed by atoms with van der Waals surface area (Å²) in [6, 6.07) is 7.84. The molecular formula is C24H33N3O3. The number of Topliss-reactive ketones (excluding diaryl/α,β-unsaturated/α-hetero) is 1. The minimum Gasteiger partial charge on any atom is -0.494 e. The van der Waals surface area contributed by atoms with Crippen LogP contribution in [0.4, 0.5) is 0 Å². The van der Waals surface area contributed by atoms with Crippen LogP contribution in [0.5, 0.6) is 11.6 Å². The van der Waals surface area contributed by atoms with Crippen LogP contribution in [0.2, 0.25) is 0 Å². The molecule has 0 saturated carbocycles. The fraction of sp³-hybridized carbons (Fsp3) is 0.542.